The van der Waals surface area contributed by atoms with Gasteiger partial charge in [-0.15, -0.1) is 0 Å². The van der Waals surface area contributed by atoms with E-state index in [2.05, 4.69) is 25.8 Å². The third-order valence-corrected chi connectivity index (χ3v) is 4.28. The van der Waals surface area contributed by atoms with Crippen molar-refractivity contribution in [1.29, 1.82) is 0 Å². The van der Waals surface area contributed by atoms with Crippen molar-refractivity contribution in [2.75, 3.05) is 12.3 Å². The van der Waals surface area contributed by atoms with Gasteiger partial charge >= 0.3 is 5.69 Å². The Kier molecular flexibility index (Phi) is 3.36. The number of ether oxygens (including phenoxy) is 2. The summed E-state index contributed by atoms with van der Waals surface area (Å²) in [6.07, 6.45) is 0.248. The lowest BCUT2D eigenvalue weighted by Gasteiger charge is -2.35. The second-order valence-electron chi connectivity index (χ2n) is 7.53. The number of fused-ring (bicyclic) bond motifs is 2. The van der Waals surface area contributed by atoms with Gasteiger partial charge in [-0.1, -0.05) is 20.8 Å². The molecule has 0 spiro atoms. The number of aromatic nitrogens is 2. The Hall–Kier alpha value is -1.44. The van der Waals surface area contributed by atoms with Crippen molar-refractivity contribution in [3.05, 3.63) is 22.2 Å². The summed E-state index contributed by atoms with van der Waals surface area (Å²) in [5.41, 5.74) is 5.03. The molecule has 0 amide bonds. The van der Waals surface area contributed by atoms with E-state index >= 15 is 0 Å². The summed E-state index contributed by atoms with van der Waals surface area (Å²) in [5.74, 6) is 0.204. The summed E-state index contributed by atoms with van der Waals surface area (Å²) >= 11 is 0. The monoisotopic (exact) mass is 309 g/mol. The van der Waals surface area contributed by atoms with Crippen LogP contribution in [-0.2, 0) is 9.47 Å². The summed E-state index contributed by atoms with van der Waals surface area (Å²) in [4.78, 5) is 15.9. The number of hydrogen-bond acceptors (Lipinski definition) is 6. The zero-order valence-electron chi connectivity index (χ0n) is 13.4. The van der Waals surface area contributed by atoms with Crippen molar-refractivity contribution in [3.8, 4) is 0 Å². The van der Waals surface area contributed by atoms with Gasteiger partial charge in [-0.05, 0) is 18.8 Å². The number of aliphatic hydroxyl groups is 1. The first-order chi connectivity index (χ1) is 10.1. The Balaban J connectivity index is 1.96. The van der Waals surface area contributed by atoms with Gasteiger partial charge in [-0.25, -0.2) is 4.79 Å². The Bertz CT molecular complexity index is 651. The molecule has 3 heterocycles. The molecule has 3 N–H and O–H groups in total. The van der Waals surface area contributed by atoms with Crippen LogP contribution >= 0.6 is 0 Å². The molecule has 22 heavy (non-hydrogen) atoms. The number of nitrogen functional groups attached to an aromatic ring is 1. The van der Waals surface area contributed by atoms with Gasteiger partial charge in [0.25, 0.3) is 0 Å². The Labute approximate surface area is 129 Å². The lowest BCUT2D eigenvalue weighted by atomic mass is 9.80. The van der Waals surface area contributed by atoms with E-state index in [1.54, 1.807) is 13.1 Å². The molecule has 1 unspecified atom stereocenters. The number of aliphatic hydroxyl groups excluding tert-OH is 1. The largest absolute Gasteiger partial charge is 0.387 e. The molecular formula is C15H23N3O4. The normalized spacial score (nSPS) is 34.3. The molecule has 0 aliphatic carbocycles. The van der Waals surface area contributed by atoms with E-state index < -0.39 is 29.7 Å². The van der Waals surface area contributed by atoms with Gasteiger partial charge in [-0.3, -0.25) is 4.57 Å². The van der Waals surface area contributed by atoms with Crippen molar-refractivity contribution < 1.29 is 14.6 Å². The van der Waals surface area contributed by atoms with Crippen molar-refractivity contribution in [2.45, 2.75) is 58.2 Å². The number of aryl methyl sites for hydroxylation is 1. The Morgan fingerprint density at radius 1 is 1.55 bits per heavy atom. The van der Waals surface area contributed by atoms with Crippen molar-refractivity contribution in [2.24, 2.45) is 5.41 Å². The number of nitrogens with zero attached hydrogens (tertiary/aromatic N) is 2. The van der Waals surface area contributed by atoms with Crippen LogP contribution < -0.4 is 11.4 Å². The van der Waals surface area contributed by atoms with Gasteiger partial charge in [0.1, 0.15) is 23.6 Å². The Morgan fingerprint density at radius 2 is 2.23 bits per heavy atom. The molecule has 2 saturated heterocycles. The lowest BCUT2D eigenvalue weighted by molar-refractivity contribution is -0.184. The smallest absolute Gasteiger partial charge is 0.351 e. The summed E-state index contributed by atoms with van der Waals surface area (Å²) in [5, 5.41) is 10.6. The highest BCUT2D eigenvalue weighted by molar-refractivity contribution is 5.35. The van der Waals surface area contributed by atoms with Gasteiger partial charge in [-0.2, -0.15) is 4.98 Å². The third kappa shape index (κ3) is 2.33. The van der Waals surface area contributed by atoms with Crippen LogP contribution in [-0.4, -0.2) is 39.1 Å². The van der Waals surface area contributed by atoms with Crippen LogP contribution in [0.2, 0.25) is 0 Å². The molecule has 2 aliphatic rings. The second kappa shape index (κ2) is 4.78. The molecular weight excluding hydrogens is 286 g/mol. The molecule has 0 saturated carbocycles. The van der Waals surface area contributed by atoms with Gasteiger partial charge in [0.15, 0.2) is 6.23 Å². The fourth-order valence-electron chi connectivity index (χ4n) is 3.43. The highest BCUT2D eigenvalue weighted by Gasteiger charge is 2.62. The van der Waals surface area contributed by atoms with E-state index in [0.717, 1.165) is 0 Å². The quantitative estimate of drug-likeness (QED) is 0.830. The van der Waals surface area contributed by atoms with Gasteiger partial charge in [0, 0.05) is 11.8 Å². The number of hydrogen-bond donors (Lipinski definition) is 2. The summed E-state index contributed by atoms with van der Waals surface area (Å²) in [6, 6.07) is 0. The molecule has 2 aliphatic heterocycles. The van der Waals surface area contributed by atoms with E-state index in [1.165, 1.54) is 4.57 Å². The molecule has 0 aromatic carbocycles. The van der Waals surface area contributed by atoms with Crippen LogP contribution in [0.1, 0.15) is 39.0 Å². The minimum absolute atomic E-state index is 0.0334. The molecule has 2 fully saturated rings. The molecule has 4 atom stereocenters. The topological polar surface area (TPSA) is 99.6 Å². The van der Waals surface area contributed by atoms with Gasteiger partial charge in [0.2, 0.25) is 0 Å². The molecule has 3 rings (SSSR count). The standard InChI is InChI=1S/C15H23N3O4/c1-8-5-18(13(20)17-11(8)16)12-9-10(19)15(22-12,7-21-9)6-14(2,3)4/h5,9-10,12,19H,6-7H2,1-4H3,(H2,16,17,20)/t9?,10-,12-,15+/m1/s1. The number of rotatable bonds is 2. The highest BCUT2D eigenvalue weighted by Crippen LogP contribution is 2.49. The van der Waals surface area contributed by atoms with E-state index in [-0.39, 0.29) is 11.2 Å². The van der Waals surface area contributed by atoms with Crippen LogP contribution in [0.25, 0.3) is 0 Å². The highest BCUT2D eigenvalue weighted by atomic mass is 16.6. The van der Waals surface area contributed by atoms with E-state index in [0.29, 0.717) is 18.6 Å². The molecule has 122 valence electrons. The summed E-state index contributed by atoms with van der Waals surface area (Å²) < 4.78 is 13.2. The Morgan fingerprint density at radius 3 is 2.86 bits per heavy atom. The minimum atomic E-state index is -0.775. The van der Waals surface area contributed by atoms with E-state index in [4.69, 9.17) is 15.2 Å². The lowest BCUT2D eigenvalue weighted by Crippen LogP contribution is -2.44. The predicted octanol–water partition coefficient (Wildman–Crippen LogP) is 0.597. The minimum Gasteiger partial charge on any atom is -0.387 e. The maximum Gasteiger partial charge on any atom is 0.351 e. The molecule has 7 heteroatoms. The second-order valence-corrected chi connectivity index (χ2v) is 7.53. The maximum atomic E-state index is 12.1. The maximum absolute atomic E-state index is 12.1. The van der Waals surface area contributed by atoms with Crippen LogP contribution in [0.3, 0.4) is 0 Å². The first kappa shape index (κ1) is 15.5. The van der Waals surface area contributed by atoms with Gasteiger partial charge in [0.05, 0.1) is 6.61 Å². The zero-order valence-corrected chi connectivity index (χ0v) is 13.4. The van der Waals surface area contributed by atoms with Crippen LogP contribution in [0.4, 0.5) is 5.82 Å². The average Bonchev–Trinajstić information content (AvgIpc) is 2.81. The van der Waals surface area contributed by atoms with Crippen molar-refractivity contribution >= 4 is 5.82 Å². The van der Waals surface area contributed by atoms with E-state index in [9.17, 15) is 9.90 Å². The van der Waals surface area contributed by atoms with Gasteiger partial charge < -0.3 is 20.3 Å². The number of nitrogens with two attached hydrogens (primary N) is 1. The molecule has 0 radical (unpaired) electrons. The van der Waals surface area contributed by atoms with Crippen molar-refractivity contribution in [1.82, 2.24) is 9.55 Å². The fourth-order valence-corrected chi connectivity index (χ4v) is 3.43. The SMILES string of the molecule is Cc1cn([C@@H]2O[C@@]3(CC(C)(C)C)COC2[C@H]3O)c(=O)nc1N. The molecule has 2 bridgehead atoms. The van der Waals surface area contributed by atoms with E-state index in [1.807, 2.05) is 0 Å². The van der Waals surface area contributed by atoms with Crippen LogP contribution in [0, 0.1) is 12.3 Å². The van der Waals surface area contributed by atoms with Crippen molar-refractivity contribution in [3.63, 3.8) is 0 Å². The third-order valence-electron chi connectivity index (χ3n) is 4.28. The summed E-state index contributed by atoms with van der Waals surface area (Å²) in [6.45, 7) is 8.36. The zero-order chi connectivity index (χ0) is 16.3. The molecule has 1 aromatic rings. The first-order valence-corrected chi connectivity index (χ1v) is 7.46. The summed E-state index contributed by atoms with van der Waals surface area (Å²) in [7, 11) is 0. The van der Waals surface area contributed by atoms with Crippen LogP contribution in [0.5, 0.6) is 0 Å². The molecule has 7 nitrogen and oxygen atoms in total. The predicted molar refractivity (Wildman–Crippen MR) is 80.3 cm³/mol. The van der Waals surface area contributed by atoms with Crippen LogP contribution in [0.15, 0.2) is 11.0 Å². The fraction of sp³-hybridized carbons (Fsp3) is 0.733. The number of anilines is 1. The molecule has 1 aromatic heterocycles. The first-order valence-electron chi connectivity index (χ1n) is 7.46. The average molecular weight is 309 g/mol.